The molecule has 7 nitrogen and oxygen atoms in total. The van der Waals surface area contributed by atoms with Crippen molar-refractivity contribution in [3.05, 3.63) is 87.9 Å². The SMILES string of the molecule is CCCOc1ccc(C(=O)Oc2ccc(Br)cc2/C=N\NC(=O)COc2cccc(C)c2)cc1. The molecule has 0 bridgehead atoms. The number of benzene rings is 3. The van der Waals surface area contributed by atoms with E-state index in [4.69, 9.17) is 14.2 Å². The van der Waals surface area contributed by atoms with Crippen molar-refractivity contribution < 1.29 is 23.8 Å². The first-order chi connectivity index (χ1) is 16.4. The quantitative estimate of drug-likeness (QED) is 0.168. The molecule has 0 aliphatic carbocycles. The largest absolute Gasteiger partial charge is 0.494 e. The number of carbonyl (C=O) groups excluding carboxylic acids is 2. The molecular weight excluding hydrogens is 500 g/mol. The summed E-state index contributed by atoms with van der Waals surface area (Å²) in [7, 11) is 0. The van der Waals surface area contributed by atoms with Gasteiger partial charge in [-0.2, -0.15) is 5.10 Å². The molecule has 3 aromatic rings. The number of hydrazone groups is 1. The first-order valence-electron chi connectivity index (χ1n) is 10.7. The third-order valence-corrected chi connectivity index (χ3v) is 4.98. The Kier molecular flexibility index (Phi) is 9.22. The fraction of sp³-hybridized carbons (Fsp3) is 0.192. The molecule has 3 rings (SSSR count). The van der Waals surface area contributed by atoms with Crippen LogP contribution in [0.15, 0.2) is 76.3 Å². The lowest BCUT2D eigenvalue weighted by atomic mass is 10.2. The minimum absolute atomic E-state index is 0.181. The van der Waals surface area contributed by atoms with Crippen molar-refractivity contribution in [3.8, 4) is 17.2 Å². The van der Waals surface area contributed by atoms with Crippen LogP contribution in [0.25, 0.3) is 0 Å². The van der Waals surface area contributed by atoms with Crippen LogP contribution in [0.4, 0.5) is 0 Å². The molecule has 8 heteroatoms. The Balaban J connectivity index is 1.59. The molecule has 0 heterocycles. The van der Waals surface area contributed by atoms with E-state index in [0.29, 0.717) is 35.0 Å². The highest BCUT2D eigenvalue weighted by molar-refractivity contribution is 9.10. The number of nitrogens with zero attached hydrogens (tertiary/aromatic N) is 1. The maximum absolute atomic E-state index is 12.6. The van der Waals surface area contributed by atoms with Gasteiger partial charge in [-0.1, -0.05) is 35.0 Å². The molecule has 1 amide bonds. The molecule has 0 aliphatic heterocycles. The van der Waals surface area contributed by atoms with Gasteiger partial charge in [-0.25, -0.2) is 10.2 Å². The van der Waals surface area contributed by atoms with E-state index >= 15 is 0 Å². The number of hydrogen-bond donors (Lipinski definition) is 1. The maximum atomic E-state index is 12.6. The van der Waals surface area contributed by atoms with Crippen molar-refractivity contribution >= 4 is 34.0 Å². The van der Waals surface area contributed by atoms with Crippen molar-refractivity contribution in [1.82, 2.24) is 5.43 Å². The first kappa shape index (κ1) is 25.0. The number of amides is 1. The van der Waals surface area contributed by atoms with Crippen LogP contribution in [0.5, 0.6) is 17.2 Å². The second-order valence-electron chi connectivity index (χ2n) is 7.34. The highest BCUT2D eigenvalue weighted by Crippen LogP contribution is 2.23. The number of esters is 1. The summed E-state index contributed by atoms with van der Waals surface area (Å²) < 4.78 is 17.3. The summed E-state index contributed by atoms with van der Waals surface area (Å²) in [6, 6.07) is 19.3. The van der Waals surface area contributed by atoms with E-state index in [0.717, 1.165) is 16.5 Å². The summed E-state index contributed by atoms with van der Waals surface area (Å²) >= 11 is 3.39. The minimum Gasteiger partial charge on any atom is -0.494 e. The zero-order valence-electron chi connectivity index (χ0n) is 18.9. The smallest absolute Gasteiger partial charge is 0.343 e. The van der Waals surface area contributed by atoms with Gasteiger partial charge in [0.1, 0.15) is 17.2 Å². The number of carbonyl (C=O) groups is 2. The van der Waals surface area contributed by atoms with Crippen molar-refractivity contribution in [2.75, 3.05) is 13.2 Å². The third-order valence-electron chi connectivity index (χ3n) is 4.49. The zero-order chi connectivity index (χ0) is 24.3. The van der Waals surface area contributed by atoms with Crippen molar-refractivity contribution in [1.29, 1.82) is 0 Å². The van der Waals surface area contributed by atoms with Crippen LogP contribution in [-0.2, 0) is 4.79 Å². The first-order valence-corrected chi connectivity index (χ1v) is 11.5. The van der Waals surface area contributed by atoms with Crippen molar-refractivity contribution in [2.24, 2.45) is 5.10 Å². The van der Waals surface area contributed by atoms with E-state index in [-0.39, 0.29) is 6.61 Å². The second-order valence-corrected chi connectivity index (χ2v) is 8.26. The lowest BCUT2D eigenvalue weighted by molar-refractivity contribution is -0.123. The van der Waals surface area contributed by atoms with E-state index in [1.54, 1.807) is 48.5 Å². The van der Waals surface area contributed by atoms with E-state index in [1.807, 2.05) is 32.0 Å². The van der Waals surface area contributed by atoms with Crippen LogP contribution in [0.3, 0.4) is 0 Å². The van der Waals surface area contributed by atoms with Gasteiger partial charge in [0.15, 0.2) is 6.61 Å². The zero-order valence-corrected chi connectivity index (χ0v) is 20.5. The average Bonchev–Trinajstić information content (AvgIpc) is 2.83. The molecule has 1 N–H and O–H groups in total. The monoisotopic (exact) mass is 524 g/mol. The Morgan fingerprint density at radius 1 is 1.00 bits per heavy atom. The van der Waals surface area contributed by atoms with E-state index in [9.17, 15) is 9.59 Å². The Morgan fingerprint density at radius 2 is 1.79 bits per heavy atom. The highest BCUT2D eigenvalue weighted by Gasteiger charge is 2.12. The molecule has 176 valence electrons. The normalized spacial score (nSPS) is 10.7. The third kappa shape index (κ3) is 7.74. The second kappa shape index (κ2) is 12.6. The average molecular weight is 525 g/mol. The van der Waals surface area contributed by atoms with Gasteiger partial charge < -0.3 is 14.2 Å². The molecule has 0 saturated carbocycles. The van der Waals surface area contributed by atoms with Crippen LogP contribution in [0.2, 0.25) is 0 Å². The standard InChI is InChI=1S/C26H25BrN2O5/c1-3-13-32-22-10-7-19(8-11-22)26(31)34-24-12-9-21(27)15-20(24)16-28-29-25(30)17-33-23-6-4-5-18(2)14-23/h4-12,14-16H,3,13,17H2,1-2H3,(H,29,30)/b28-16-. The molecule has 0 unspecified atom stereocenters. The van der Waals surface area contributed by atoms with Crippen LogP contribution in [0, 0.1) is 6.92 Å². The summed E-state index contributed by atoms with van der Waals surface area (Å²) in [4.78, 5) is 24.6. The van der Waals surface area contributed by atoms with Crippen molar-refractivity contribution in [3.63, 3.8) is 0 Å². The summed E-state index contributed by atoms with van der Waals surface area (Å²) in [5.41, 5.74) is 4.33. The summed E-state index contributed by atoms with van der Waals surface area (Å²) in [5, 5.41) is 3.96. The minimum atomic E-state index is -0.519. The summed E-state index contributed by atoms with van der Waals surface area (Å²) in [6.07, 6.45) is 2.30. The number of hydrogen-bond acceptors (Lipinski definition) is 6. The van der Waals surface area contributed by atoms with Crippen LogP contribution in [0.1, 0.15) is 34.8 Å². The van der Waals surface area contributed by atoms with Crippen LogP contribution >= 0.6 is 15.9 Å². The highest BCUT2D eigenvalue weighted by atomic mass is 79.9. The van der Waals surface area contributed by atoms with Gasteiger partial charge in [0.05, 0.1) is 18.4 Å². The molecule has 0 atom stereocenters. The predicted molar refractivity (Wildman–Crippen MR) is 134 cm³/mol. The van der Waals surface area contributed by atoms with E-state index in [2.05, 4.69) is 26.5 Å². The lowest BCUT2D eigenvalue weighted by Gasteiger charge is -2.09. The van der Waals surface area contributed by atoms with Crippen molar-refractivity contribution in [2.45, 2.75) is 20.3 Å². The maximum Gasteiger partial charge on any atom is 0.343 e. The Labute approximate surface area is 206 Å². The molecule has 0 spiro atoms. The lowest BCUT2D eigenvalue weighted by Crippen LogP contribution is -2.24. The topological polar surface area (TPSA) is 86.2 Å². The van der Waals surface area contributed by atoms with E-state index in [1.165, 1.54) is 6.21 Å². The fourth-order valence-corrected chi connectivity index (χ4v) is 3.22. The van der Waals surface area contributed by atoms with Crippen LogP contribution in [-0.4, -0.2) is 31.3 Å². The van der Waals surface area contributed by atoms with Crippen LogP contribution < -0.4 is 19.6 Å². The number of nitrogens with one attached hydrogen (secondary N) is 1. The molecular formula is C26H25BrN2O5. The molecule has 34 heavy (non-hydrogen) atoms. The summed E-state index contributed by atoms with van der Waals surface area (Å²) in [5.74, 6) is 0.655. The van der Waals surface area contributed by atoms with Gasteiger partial charge in [-0.05, 0) is 73.5 Å². The van der Waals surface area contributed by atoms with E-state index < -0.39 is 11.9 Å². The van der Waals surface area contributed by atoms with Gasteiger partial charge in [0, 0.05) is 10.0 Å². The van der Waals surface area contributed by atoms with Gasteiger partial charge in [0.2, 0.25) is 0 Å². The predicted octanol–water partition coefficient (Wildman–Crippen LogP) is 5.29. The fourth-order valence-electron chi connectivity index (χ4n) is 2.84. The molecule has 0 saturated heterocycles. The van der Waals surface area contributed by atoms with Gasteiger partial charge in [-0.3, -0.25) is 4.79 Å². The Bertz CT molecular complexity index is 1160. The number of halogens is 1. The number of aryl methyl sites for hydroxylation is 1. The molecule has 3 aromatic carbocycles. The molecule has 0 fully saturated rings. The van der Waals surface area contributed by atoms with Gasteiger partial charge in [-0.15, -0.1) is 0 Å². The Morgan fingerprint density at radius 3 is 2.53 bits per heavy atom. The molecule has 0 radical (unpaired) electrons. The van der Waals surface area contributed by atoms with Gasteiger partial charge in [0.25, 0.3) is 5.91 Å². The molecule has 0 aromatic heterocycles. The summed E-state index contributed by atoms with van der Waals surface area (Å²) in [6.45, 7) is 4.39. The number of ether oxygens (including phenoxy) is 3. The number of rotatable bonds is 10. The van der Waals surface area contributed by atoms with Gasteiger partial charge >= 0.3 is 5.97 Å². The Hall–Kier alpha value is -3.65. The molecule has 0 aliphatic rings.